The lowest BCUT2D eigenvalue weighted by Crippen LogP contribution is -2.26. The molecule has 1 aliphatic rings. The molecule has 128 valence electrons. The van der Waals surface area contributed by atoms with Crippen molar-refractivity contribution in [3.63, 3.8) is 0 Å². The fourth-order valence-electron chi connectivity index (χ4n) is 2.80. The number of halogens is 2. The van der Waals surface area contributed by atoms with Crippen molar-refractivity contribution in [2.75, 3.05) is 7.11 Å². The lowest BCUT2D eigenvalue weighted by molar-refractivity contribution is -0.154. The van der Waals surface area contributed by atoms with Crippen molar-refractivity contribution in [1.82, 2.24) is 0 Å². The maximum Gasteiger partial charge on any atom is 0.324 e. The van der Waals surface area contributed by atoms with Crippen LogP contribution in [-0.4, -0.2) is 18.7 Å². The maximum atomic E-state index is 14.5. The van der Waals surface area contributed by atoms with Crippen LogP contribution in [0.1, 0.15) is 62.9 Å². The molecule has 0 bridgehead atoms. The van der Waals surface area contributed by atoms with Crippen LogP contribution in [0.4, 0.5) is 4.39 Å². The van der Waals surface area contributed by atoms with Crippen LogP contribution < -0.4 is 4.74 Å². The molecule has 1 fully saturated rings. The van der Waals surface area contributed by atoms with Crippen LogP contribution in [0, 0.1) is 5.82 Å². The second-order valence-electron chi connectivity index (χ2n) is 7.11. The molecular formula is C18H24BrFO3. The average Bonchev–Trinajstić information content (AvgIpc) is 3.24. The topological polar surface area (TPSA) is 35.5 Å². The first-order chi connectivity index (χ1) is 10.6. The molecule has 2 rings (SSSR count). The van der Waals surface area contributed by atoms with E-state index in [2.05, 4.69) is 22.9 Å². The summed E-state index contributed by atoms with van der Waals surface area (Å²) in [7, 11) is 1.41. The van der Waals surface area contributed by atoms with Gasteiger partial charge in [-0.05, 0) is 63.1 Å². The van der Waals surface area contributed by atoms with Crippen molar-refractivity contribution in [3.8, 4) is 5.75 Å². The number of benzene rings is 1. The van der Waals surface area contributed by atoms with Gasteiger partial charge in [0.25, 0.3) is 0 Å². The molecule has 0 radical (unpaired) electrons. The van der Waals surface area contributed by atoms with E-state index in [0.717, 1.165) is 24.8 Å². The Morgan fingerprint density at radius 2 is 2.00 bits per heavy atom. The Bertz CT molecular complexity index is 603. The largest absolute Gasteiger partial charge is 0.493 e. The zero-order chi connectivity index (χ0) is 17.4. The molecule has 1 aromatic carbocycles. The third-order valence-corrected chi connectivity index (χ3v) is 5.17. The van der Waals surface area contributed by atoms with Gasteiger partial charge in [-0.25, -0.2) is 4.39 Å². The highest BCUT2D eigenvalue weighted by Gasteiger charge is 2.43. The monoisotopic (exact) mass is 386 g/mol. The van der Waals surface area contributed by atoms with Gasteiger partial charge in [-0.1, -0.05) is 22.9 Å². The highest BCUT2D eigenvalue weighted by Crippen LogP contribution is 2.52. The molecule has 0 spiro atoms. The Kier molecular flexibility index (Phi) is 5.09. The standard InChI is InChI=1S/C18H24BrFO3/c1-6-18(7-8-18)11-9-12(15(22-5)13(20)10-11)14(19)16(21)23-17(2,3)4/h9-10,14H,6-8H2,1-5H3. The molecule has 1 saturated carbocycles. The lowest BCUT2D eigenvalue weighted by atomic mass is 9.91. The molecule has 1 atom stereocenters. The van der Waals surface area contributed by atoms with E-state index in [4.69, 9.17) is 9.47 Å². The molecule has 0 heterocycles. The quantitative estimate of drug-likeness (QED) is 0.524. The third kappa shape index (κ3) is 3.87. The molecule has 0 saturated heterocycles. The Hall–Kier alpha value is -1.10. The normalized spacial score (nSPS) is 17.5. The first kappa shape index (κ1) is 18.2. The van der Waals surface area contributed by atoms with Crippen molar-refractivity contribution in [2.45, 2.75) is 62.8 Å². The zero-order valence-electron chi connectivity index (χ0n) is 14.3. The average molecular weight is 387 g/mol. The van der Waals surface area contributed by atoms with Gasteiger partial charge < -0.3 is 9.47 Å². The summed E-state index contributed by atoms with van der Waals surface area (Å²) >= 11 is 3.35. The van der Waals surface area contributed by atoms with Gasteiger partial charge in [0, 0.05) is 5.56 Å². The van der Waals surface area contributed by atoms with Crippen molar-refractivity contribution in [2.24, 2.45) is 0 Å². The predicted molar refractivity (Wildman–Crippen MR) is 91.7 cm³/mol. The molecule has 23 heavy (non-hydrogen) atoms. The second-order valence-corrected chi connectivity index (χ2v) is 8.03. The number of carbonyl (C=O) groups is 1. The van der Waals surface area contributed by atoms with Crippen LogP contribution in [-0.2, 0) is 14.9 Å². The second kappa shape index (κ2) is 6.42. The first-order valence-corrected chi connectivity index (χ1v) is 8.80. The van der Waals surface area contributed by atoms with E-state index in [1.54, 1.807) is 20.8 Å². The molecule has 0 N–H and O–H groups in total. The summed E-state index contributed by atoms with van der Waals surface area (Å²) in [6.07, 6.45) is 3.06. The zero-order valence-corrected chi connectivity index (χ0v) is 15.9. The van der Waals surface area contributed by atoms with Crippen LogP contribution in [0.5, 0.6) is 5.75 Å². The summed E-state index contributed by atoms with van der Waals surface area (Å²) in [5, 5.41) is 0. The smallest absolute Gasteiger partial charge is 0.324 e. The Morgan fingerprint density at radius 3 is 2.43 bits per heavy atom. The van der Waals surface area contributed by atoms with E-state index in [9.17, 15) is 9.18 Å². The molecule has 3 nitrogen and oxygen atoms in total. The molecule has 0 amide bonds. The van der Waals surface area contributed by atoms with Crippen LogP contribution >= 0.6 is 15.9 Å². The first-order valence-electron chi connectivity index (χ1n) is 7.88. The van der Waals surface area contributed by atoms with E-state index in [1.807, 2.05) is 6.07 Å². The molecule has 5 heteroatoms. The van der Waals surface area contributed by atoms with Gasteiger partial charge >= 0.3 is 5.97 Å². The van der Waals surface area contributed by atoms with Crippen LogP contribution in [0.25, 0.3) is 0 Å². The number of ether oxygens (including phenoxy) is 2. The summed E-state index contributed by atoms with van der Waals surface area (Å²) in [6, 6.07) is 3.41. The minimum Gasteiger partial charge on any atom is -0.493 e. The molecule has 0 aromatic heterocycles. The summed E-state index contributed by atoms with van der Waals surface area (Å²) in [6.45, 7) is 7.51. The number of hydrogen-bond acceptors (Lipinski definition) is 3. The number of alkyl halides is 1. The number of carbonyl (C=O) groups excluding carboxylic acids is 1. The Labute approximate surface area is 145 Å². The number of methoxy groups -OCH3 is 1. The van der Waals surface area contributed by atoms with Gasteiger partial charge in [-0.15, -0.1) is 0 Å². The SMILES string of the molecule is CCC1(c2cc(F)c(OC)c(C(Br)C(=O)OC(C)(C)C)c2)CC1. The molecular weight excluding hydrogens is 363 g/mol. The number of esters is 1. The van der Waals surface area contributed by atoms with Gasteiger partial charge in [0.15, 0.2) is 11.6 Å². The summed E-state index contributed by atoms with van der Waals surface area (Å²) in [5.41, 5.74) is 0.855. The van der Waals surface area contributed by atoms with E-state index in [-0.39, 0.29) is 11.2 Å². The van der Waals surface area contributed by atoms with E-state index in [1.165, 1.54) is 13.2 Å². The van der Waals surface area contributed by atoms with Crippen LogP contribution in [0.15, 0.2) is 12.1 Å². The van der Waals surface area contributed by atoms with Crippen LogP contribution in [0.3, 0.4) is 0 Å². The molecule has 1 aromatic rings. The molecule has 1 aliphatic carbocycles. The van der Waals surface area contributed by atoms with Crippen molar-refractivity contribution < 1.29 is 18.7 Å². The maximum absolute atomic E-state index is 14.5. The number of hydrogen-bond donors (Lipinski definition) is 0. The molecule has 1 unspecified atom stereocenters. The third-order valence-electron chi connectivity index (χ3n) is 4.31. The summed E-state index contributed by atoms with van der Waals surface area (Å²) < 4.78 is 25.1. The van der Waals surface area contributed by atoms with Gasteiger partial charge in [0.1, 0.15) is 10.4 Å². The predicted octanol–water partition coefficient (Wildman–Crippen LogP) is 5.05. The van der Waals surface area contributed by atoms with Gasteiger partial charge in [0.2, 0.25) is 0 Å². The Balaban J connectivity index is 2.41. The van der Waals surface area contributed by atoms with Crippen molar-refractivity contribution >= 4 is 21.9 Å². The van der Waals surface area contributed by atoms with E-state index >= 15 is 0 Å². The minimum atomic E-state index is -0.765. The van der Waals surface area contributed by atoms with Gasteiger partial charge in [-0.2, -0.15) is 0 Å². The highest BCUT2D eigenvalue weighted by atomic mass is 79.9. The van der Waals surface area contributed by atoms with Gasteiger partial charge in [0.05, 0.1) is 7.11 Å². The van der Waals surface area contributed by atoms with Gasteiger partial charge in [-0.3, -0.25) is 4.79 Å². The highest BCUT2D eigenvalue weighted by molar-refractivity contribution is 9.09. The minimum absolute atomic E-state index is 0.0442. The number of rotatable bonds is 5. The fourth-order valence-corrected chi connectivity index (χ4v) is 3.24. The summed E-state index contributed by atoms with van der Waals surface area (Å²) in [4.78, 5) is 11.6. The summed E-state index contributed by atoms with van der Waals surface area (Å²) in [5.74, 6) is -0.796. The van der Waals surface area contributed by atoms with Crippen molar-refractivity contribution in [3.05, 3.63) is 29.1 Å². The van der Waals surface area contributed by atoms with Crippen LogP contribution in [0.2, 0.25) is 0 Å². The Morgan fingerprint density at radius 1 is 1.39 bits per heavy atom. The van der Waals surface area contributed by atoms with Crippen molar-refractivity contribution in [1.29, 1.82) is 0 Å². The molecule has 0 aliphatic heterocycles. The lowest BCUT2D eigenvalue weighted by Gasteiger charge is -2.23. The van der Waals surface area contributed by atoms with E-state index in [0.29, 0.717) is 5.56 Å². The van der Waals surface area contributed by atoms with E-state index < -0.39 is 22.2 Å². The fraction of sp³-hybridized carbons (Fsp3) is 0.611.